The van der Waals surface area contributed by atoms with Crippen LogP contribution in [0.15, 0.2) is 109 Å². The molecule has 0 aromatic heterocycles. The molecule has 0 aliphatic rings. The molecule has 0 spiro atoms. The van der Waals surface area contributed by atoms with Crippen molar-refractivity contribution in [2.24, 2.45) is 0 Å². The predicted octanol–water partition coefficient (Wildman–Crippen LogP) is 13.6. The van der Waals surface area contributed by atoms with E-state index < -0.39 is 18.1 Å². The Kier molecular flexibility index (Phi) is 40.8. The molecule has 0 bridgehead atoms. The van der Waals surface area contributed by atoms with Gasteiger partial charge in [0.1, 0.15) is 6.61 Å². The van der Waals surface area contributed by atoms with Crippen LogP contribution in [0.2, 0.25) is 0 Å². The summed E-state index contributed by atoms with van der Waals surface area (Å²) in [5.41, 5.74) is 0. The van der Waals surface area contributed by atoms with Crippen LogP contribution in [0.25, 0.3) is 0 Å². The van der Waals surface area contributed by atoms with Crippen LogP contribution in [-0.2, 0) is 28.6 Å². The van der Waals surface area contributed by atoms with E-state index in [-0.39, 0.29) is 42.7 Å². The van der Waals surface area contributed by atoms with Gasteiger partial charge in [0.05, 0.1) is 34.4 Å². The third-order valence-corrected chi connectivity index (χ3v) is 10.0. The molecule has 0 saturated heterocycles. The largest absolute Gasteiger partial charge is 0.477 e. The summed E-state index contributed by atoms with van der Waals surface area (Å²) in [6.45, 7) is 4.41. The van der Waals surface area contributed by atoms with E-state index in [0.717, 1.165) is 70.6 Å². The molecule has 0 aliphatic heterocycles. The monoisotopic (exact) mass is 863 g/mol. The van der Waals surface area contributed by atoms with Crippen molar-refractivity contribution in [3.05, 3.63) is 109 Å². The molecule has 0 amide bonds. The first-order chi connectivity index (χ1) is 30.1. The summed E-state index contributed by atoms with van der Waals surface area (Å²) in [5.74, 6) is -1.54. The van der Waals surface area contributed by atoms with Crippen LogP contribution in [0, 0.1) is 0 Å². The molecule has 0 aromatic rings. The number of ether oxygens (including phenoxy) is 3. The van der Waals surface area contributed by atoms with E-state index in [9.17, 15) is 19.5 Å². The molecule has 1 N–H and O–H groups in total. The van der Waals surface area contributed by atoms with E-state index in [1.165, 1.54) is 51.4 Å². The van der Waals surface area contributed by atoms with Gasteiger partial charge in [-0.25, -0.2) is 4.79 Å². The van der Waals surface area contributed by atoms with Crippen molar-refractivity contribution in [1.29, 1.82) is 0 Å². The summed E-state index contributed by atoms with van der Waals surface area (Å²) < 4.78 is 17.3. The van der Waals surface area contributed by atoms with Gasteiger partial charge < -0.3 is 23.8 Å². The highest BCUT2D eigenvalue weighted by atomic mass is 16.6. The van der Waals surface area contributed by atoms with Gasteiger partial charge in [0.25, 0.3) is 0 Å². The van der Waals surface area contributed by atoms with Gasteiger partial charge in [-0.2, -0.15) is 0 Å². The Hall–Kier alpha value is -4.01. The number of carboxylic acid groups (broad SMARTS) is 1. The summed E-state index contributed by atoms with van der Waals surface area (Å²) in [6.07, 6.45) is 60.0. The van der Waals surface area contributed by atoms with Crippen molar-refractivity contribution in [3.63, 3.8) is 0 Å². The van der Waals surface area contributed by atoms with Gasteiger partial charge in [-0.1, -0.05) is 181 Å². The highest BCUT2D eigenvalue weighted by Crippen LogP contribution is 2.14. The summed E-state index contributed by atoms with van der Waals surface area (Å²) in [7, 11) is 5.50. The summed E-state index contributed by atoms with van der Waals surface area (Å²) in [4.78, 5) is 37.1. The molecule has 0 rings (SSSR count). The second kappa shape index (κ2) is 43.6. The summed E-state index contributed by atoms with van der Waals surface area (Å²) >= 11 is 0. The highest BCUT2D eigenvalue weighted by molar-refractivity contribution is 5.72. The lowest BCUT2D eigenvalue weighted by Crippen LogP contribution is -2.50. The topological polar surface area (TPSA) is 99.1 Å². The molecule has 8 nitrogen and oxygen atoms in total. The molecule has 0 heterocycles. The van der Waals surface area contributed by atoms with Crippen molar-refractivity contribution in [2.45, 2.75) is 174 Å². The number of allylic oxidation sites excluding steroid dienone is 18. The number of unbranched alkanes of at least 4 members (excludes halogenated alkanes) is 13. The van der Waals surface area contributed by atoms with Crippen molar-refractivity contribution in [2.75, 3.05) is 41.0 Å². The van der Waals surface area contributed by atoms with E-state index in [1.807, 2.05) is 69.8 Å². The zero-order valence-corrected chi connectivity index (χ0v) is 39.8. The van der Waals surface area contributed by atoms with E-state index >= 15 is 0 Å². The molecule has 8 heteroatoms. The molecule has 0 fully saturated rings. The lowest BCUT2D eigenvalue weighted by atomic mass is 10.1. The maximum atomic E-state index is 12.7. The summed E-state index contributed by atoms with van der Waals surface area (Å²) in [6, 6.07) is -0.630. The quantitative estimate of drug-likeness (QED) is 0.0215. The molecule has 2 atom stereocenters. The number of carbonyl (C=O) groups excluding carboxylic acids is 2. The number of rotatable bonds is 41. The van der Waals surface area contributed by atoms with Gasteiger partial charge in [0.15, 0.2) is 12.1 Å². The zero-order chi connectivity index (χ0) is 45.6. The van der Waals surface area contributed by atoms with Crippen molar-refractivity contribution in [1.82, 2.24) is 0 Å². The van der Waals surface area contributed by atoms with Gasteiger partial charge >= 0.3 is 17.9 Å². The van der Waals surface area contributed by atoms with E-state index in [2.05, 4.69) is 74.6 Å². The Balaban J connectivity index is 4.33. The smallest absolute Gasteiger partial charge is 0.362 e. The maximum absolute atomic E-state index is 12.7. The van der Waals surface area contributed by atoms with Crippen LogP contribution in [0.1, 0.15) is 162 Å². The second-order valence-corrected chi connectivity index (χ2v) is 16.7. The number of carboxylic acids is 1. The van der Waals surface area contributed by atoms with Crippen LogP contribution >= 0.6 is 0 Å². The minimum absolute atomic E-state index is 0.0352. The first kappa shape index (κ1) is 58.0. The van der Waals surface area contributed by atoms with Crippen LogP contribution in [-0.4, -0.2) is 80.6 Å². The normalized spacial score (nSPS) is 13.9. The molecule has 0 aromatic carbocycles. The standard InChI is InChI=1S/C54H87NO7/c1-6-8-10-12-14-16-18-20-22-23-24-25-26-27-28-29-31-32-34-36-38-40-42-44-52(56)61-49-50(48-60-47-46-51(54(58)59)55(3,4)5)62-53(57)45-43-41-39-37-35-33-30-21-19-17-15-13-11-9-7-2/h8-11,13-17,19-22,24-25,30,33,35,50-51H,6-7,12,18,23,26-29,31-32,34,36-49H2,1-5H3/p+1/b10-8+,11-9+,15-13+,16-14+,19-17+,22-20+,25-24+,30-21+,35-33+. The number of likely N-dealkylation sites (N-methyl/N-ethyl adjacent to an activating group) is 1. The molecule has 0 aliphatic carbocycles. The maximum Gasteiger partial charge on any atom is 0.362 e. The number of nitrogens with zero attached hydrogens (tertiary/aromatic N) is 1. The average molecular weight is 863 g/mol. The fourth-order valence-corrected chi connectivity index (χ4v) is 6.40. The molecule has 62 heavy (non-hydrogen) atoms. The zero-order valence-electron chi connectivity index (χ0n) is 39.8. The second-order valence-electron chi connectivity index (χ2n) is 16.7. The summed E-state index contributed by atoms with van der Waals surface area (Å²) in [5, 5.41) is 9.64. The van der Waals surface area contributed by atoms with Gasteiger partial charge in [-0.3, -0.25) is 9.59 Å². The number of esters is 2. The average Bonchev–Trinajstić information content (AvgIpc) is 3.23. The Bertz CT molecular complexity index is 1370. The van der Waals surface area contributed by atoms with Gasteiger partial charge in [0, 0.05) is 19.3 Å². The van der Waals surface area contributed by atoms with E-state index in [4.69, 9.17) is 14.2 Å². The molecule has 350 valence electrons. The van der Waals surface area contributed by atoms with Gasteiger partial charge in [-0.15, -0.1) is 0 Å². The van der Waals surface area contributed by atoms with Crippen molar-refractivity contribution < 1.29 is 38.2 Å². The van der Waals surface area contributed by atoms with Crippen LogP contribution in [0.4, 0.5) is 0 Å². The lowest BCUT2D eigenvalue weighted by molar-refractivity contribution is -0.887. The number of hydrogen-bond donors (Lipinski definition) is 1. The number of aliphatic carboxylic acids is 1. The fourth-order valence-electron chi connectivity index (χ4n) is 6.40. The highest BCUT2D eigenvalue weighted by Gasteiger charge is 2.31. The van der Waals surface area contributed by atoms with Crippen LogP contribution in [0.5, 0.6) is 0 Å². The Morgan fingerprint density at radius 1 is 0.500 bits per heavy atom. The van der Waals surface area contributed by atoms with E-state index in [1.54, 1.807) is 0 Å². The van der Waals surface area contributed by atoms with Crippen LogP contribution in [0.3, 0.4) is 0 Å². The Morgan fingerprint density at radius 3 is 1.47 bits per heavy atom. The fraction of sp³-hybridized carbons (Fsp3) is 0.611. The first-order valence-electron chi connectivity index (χ1n) is 24.0. The SMILES string of the molecule is CC/C=C/C=C/C=C/C=C/C=C/CCCCCC(=O)OC(COCCC(C(=O)O)[N+](C)(C)C)COC(=O)CCCCCCCCCCCC/C=C/C/C=C/C/C=C/C/C=C/CC. The Labute approximate surface area is 378 Å². The Morgan fingerprint density at radius 2 is 0.935 bits per heavy atom. The number of hydrogen-bond acceptors (Lipinski definition) is 6. The minimum Gasteiger partial charge on any atom is -0.477 e. The molecular formula is C54H88NO7+. The predicted molar refractivity (Wildman–Crippen MR) is 261 cm³/mol. The lowest BCUT2D eigenvalue weighted by Gasteiger charge is -2.31. The molecule has 2 unspecified atom stereocenters. The van der Waals surface area contributed by atoms with Gasteiger partial charge in [0.2, 0.25) is 0 Å². The number of carbonyl (C=O) groups is 3. The molecule has 0 radical (unpaired) electrons. The van der Waals surface area contributed by atoms with Crippen LogP contribution < -0.4 is 0 Å². The van der Waals surface area contributed by atoms with Crippen molar-refractivity contribution >= 4 is 17.9 Å². The van der Waals surface area contributed by atoms with E-state index in [0.29, 0.717) is 19.3 Å². The molecule has 0 saturated carbocycles. The first-order valence-corrected chi connectivity index (χ1v) is 24.0. The minimum atomic E-state index is -0.888. The third kappa shape index (κ3) is 41.3. The number of quaternary nitrogens is 1. The third-order valence-electron chi connectivity index (χ3n) is 10.0. The van der Waals surface area contributed by atoms with Crippen molar-refractivity contribution in [3.8, 4) is 0 Å². The van der Waals surface area contributed by atoms with Gasteiger partial charge in [-0.05, 0) is 70.6 Å². The molecular weight excluding hydrogens is 775 g/mol.